The summed E-state index contributed by atoms with van der Waals surface area (Å²) in [6.07, 6.45) is 4.16. The lowest BCUT2D eigenvalue weighted by atomic mass is 10.1. The molecule has 0 amide bonds. The lowest BCUT2D eigenvalue weighted by molar-refractivity contribution is 0.0759. The number of nitrogens with zero attached hydrogens (tertiary/aromatic N) is 1. The topological polar surface area (TPSA) is 23.5 Å². The maximum absolute atomic E-state index is 9.62. The molecule has 2 nitrogen and oxygen atoms in total. The highest BCUT2D eigenvalue weighted by atomic mass is 16.3. The monoisotopic (exact) mass is 231 g/mol. The van der Waals surface area contributed by atoms with Gasteiger partial charge in [0.1, 0.15) is 0 Å². The first-order valence-corrected chi connectivity index (χ1v) is 6.36. The maximum atomic E-state index is 9.62. The fourth-order valence-corrected chi connectivity index (χ4v) is 2.41. The normalized spacial score (nSPS) is 22.7. The number of rotatable bonds is 3. The number of aliphatic hydroxyl groups excluding tert-OH is 1. The second-order valence-electron chi connectivity index (χ2n) is 4.93. The van der Waals surface area contributed by atoms with Gasteiger partial charge in [0.05, 0.1) is 6.10 Å². The third kappa shape index (κ3) is 3.99. The quantitative estimate of drug-likeness (QED) is 0.864. The smallest absolute Gasteiger partial charge is 0.0667 e. The molecule has 1 heterocycles. The van der Waals surface area contributed by atoms with Gasteiger partial charge >= 0.3 is 0 Å². The molecule has 1 aliphatic rings. The van der Waals surface area contributed by atoms with Crippen LogP contribution in [0, 0.1) is 0 Å². The Morgan fingerprint density at radius 2 is 2.18 bits per heavy atom. The highest BCUT2D eigenvalue weighted by molar-refractivity contribution is 5.52. The van der Waals surface area contributed by atoms with Crippen molar-refractivity contribution in [2.45, 2.75) is 25.9 Å². The minimum atomic E-state index is -0.131. The Labute approximate surface area is 104 Å². The number of aliphatic hydroxyl groups is 1. The first-order valence-electron chi connectivity index (χ1n) is 6.36. The highest BCUT2D eigenvalue weighted by Gasteiger charge is 2.17. The first kappa shape index (κ1) is 12.3. The van der Waals surface area contributed by atoms with E-state index < -0.39 is 0 Å². The Morgan fingerprint density at radius 1 is 1.41 bits per heavy atom. The predicted molar refractivity (Wildman–Crippen MR) is 71.8 cm³/mol. The number of piperidine rings is 1. The predicted octanol–water partition coefficient (Wildman–Crippen LogP) is 2.55. The van der Waals surface area contributed by atoms with E-state index >= 15 is 0 Å². The Balaban J connectivity index is 1.92. The van der Waals surface area contributed by atoms with Crippen LogP contribution in [-0.2, 0) is 0 Å². The number of hydrogen-bond donors (Lipinski definition) is 1. The molecule has 0 aromatic heterocycles. The summed E-state index contributed by atoms with van der Waals surface area (Å²) < 4.78 is 0. The van der Waals surface area contributed by atoms with Gasteiger partial charge in [-0.15, -0.1) is 0 Å². The molecule has 0 saturated carbocycles. The van der Waals surface area contributed by atoms with Crippen molar-refractivity contribution in [1.29, 1.82) is 0 Å². The Kier molecular flexibility index (Phi) is 4.35. The molecule has 2 rings (SSSR count). The van der Waals surface area contributed by atoms with E-state index in [1.807, 2.05) is 6.07 Å². The maximum Gasteiger partial charge on any atom is 0.0667 e. The highest BCUT2D eigenvalue weighted by Crippen LogP contribution is 2.13. The lowest BCUT2D eigenvalue weighted by Gasteiger charge is -2.30. The molecule has 1 unspecified atom stereocenters. The van der Waals surface area contributed by atoms with Gasteiger partial charge in [0.2, 0.25) is 0 Å². The second-order valence-corrected chi connectivity index (χ2v) is 4.93. The van der Waals surface area contributed by atoms with Gasteiger partial charge in [-0.25, -0.2) is 0 Å². The van der Waals surface area contributed by atoms with Crippen molar-refractivity contribution in [3.8, 4) is 0 Å². The van der Waals surface area contributed by atoms with Gasteiger partial charge in [0.25, 0.3) is 0 Å². The fourth-order valence-electron chi connectivity index (χ4n) is 2.41. The molecule has 0 bridgehead atoms. The molecule has 1 saturated heterocycles. The van der Waals surface area contributed by atoms with Crippen LogP contribution in [0.15, 0.2) is 35.9 Å². The number of likely N-dealkylation sites (tertiary alicyclic amines) is 1. The molecular formula is C15H21NO. The van der Waals surface area contributed by atoms with E-state index in [0.717, 1.165) is 32.5 Å². The summed E-state index contributed by atoms with van der Waals surface area (Å²) in [5, 5.41) is 9.62. The zero-order valence-corrected chi connectivity index (χ0v) is 10.5. The number of hydrogen-bond acceptors (Lipinski definition) is 2. The van der Waals surface area contributed by atoms with Crippen molar-refractivity contribution in [2.24, 2.45) is 0 Å². The minimum Gasteiger partial charge on any atom is -0.392 e. The van der Waals surface area contributed by atoms with Crippen molar-refractivity contribution in [1.82, 2.24) is 4.90 Å². The van der Waals surface area contributed by atoms with Crippen LogP contribution in [-0.4, -0.2) is 35.7 Å². The summed E-state index contributed by atoms with van der Waals surface area (Å²) in [6.45, 7) is 5.05. The third-order valence-corrected chi connectivity index (χ3v) is 3.17. The number of β-amino-alcohol motifs (C(OH)–C–C–N with tert-alkyl or cyclic N) is 1. The fraction of sp³-hybridized carbons (Fsp3) is 0.467. The molecule has 0 radical (unpaired) electrons. The lowest BCUT2D eigenvalue weighted by Crippen LogP contribution is -2.38. The average molecular weight is 231 g/mol. The molecule has 2 heteroatoms. The number of benzene rings is 1. The van der Waals surface area contributed by atoms with Gasteiger partial charge in [-0.1, -0.05) is 42.0 Å². The molecule has 1 aromatic carbocycles. The van der Waals surface area contributed by atoms with Crippen LogP contribution < -0.4 is 0 Å². The summed E-state index contributed by atoms with van der Waals surface area (Å²) in [6, 6.07) is 10.4. The average Bonchev–Trinajstić information content (AvgIpc) is 2.30. The molecule has 1 atom stereocenters. The zero-order chi connectivity index (χ0) is 12.1. The summed E-state index contributed by atoms with van der Waals surface area (Å²) in [4.78, 5) is 2.34. The standard InChI is InChI=1S/C15H21NO/c1-13(10-14-6-3-2-4-7-14)11-16-9-5-8-15(17)12-16/h2-4,6-7,10,15,17H,5,8-9,11-12H2,1H3/b13-10+. The Bertz CT molecular complexity index is 372. The Morgan fingerprint density at radius 3 is 2.88 bits per heavy atom. The zero-order valence-electron chi connectivity index (χ0n) is 10.5. The first-order chi connectivity index (χ1) is 8.24. The molecule has 1 aliphatic heterocycles. The van der Waals surface area contributed by atoms with Crippen LogP contribution >= 0.6 is 0 Å². The second kappa shape index (κ2) is 5.99. The van der Waals surface area contributed by atoms with Gasteiger partial charge < -0.3 is 5.11 Å². The van der Waals surface area contributed by atoms with E-state index in [9.17, 15) is 5.11 Å². The summed E-state index contributed by atoms with van der Waals surface area (Å²) in [5.74, 6) is 0. The van der Waals surface area contributed by atoms with Crippen molar-refractivity contribution in [3.05, 3.63) is 41.5 Å². The summed E-state index contributed by atoms with van der Waals surface area (Å²) >= 11 is 0. The van der Waals surface area contributed by atoms with Crippen LogP contribution in [0.4, 0.5) is 0 Å². The van der Waals surface area contributed by atoms with Gasteiger partial charge in [-0.05, 0) is 31.9 Å². The van der Waals surface area contributed by atoms with E-state index in [4.69, 9.17) is 0 Å². The summed E-state index contributed by atoms with van der Waals surface area (Å²) in [5.41, 5.74) is 2.60. The van der Waals surface area contributed by atoms with Gasteiger partial charge in [-0.3, -0.25) is 4.90 Å². The molecule has 1 fully saturated rings. The van der Waals surface area contributed by atoms with Gasteiger partial charge in [0.15, 0.2) is 0 Å². The molecular weight excluding hydrogens is 210 g/mol. The van der Waals surface area contributed by atoms with Crippen molar-refractivity contribution < 1.29 is 5.11 Å². The van der Waals surface area contributed by atoms with E-state index in [2.05, 4.69) is 42.2 Å². The summed E-state index contributed by atoms with van der Waals surface area (Å²) in [7, 11) is 0. The Hall–Kier alpha value is -1.12. The van der Waals surface area contributed by atoms with E-state index in [0.29, 0.717) is 0 Å². The molecule has 17 heavy (non-hydrogen) atoms. The molecule has 1 aromatic rings. The van der Waals surface area contributed by atoms with Crippen molar-refractivity contribution >= 4 is 6.08 Å². The SMILES string of the molecule is C/C(=C\c1ccccc1)CN1CCCC(O)C1. The van der Waals surface area contributed by atoms with E-state index in [1.165, 1.54) is 11.1 Å². The third-order valence-electron chi connectivity index (χ3n) is 3.17. The van der Waals surface area contributed by atoms with Crippen LogP contribution in [0.3, 0.4) is 0 Å². The van der Waals surface area contributed by atoms with Crippen LogP contribution in [0.25, 0.3) is 6.08 Å². The molecule has 0 aliphatic carbocycles. The molecule has 1 N–H and O–H groups in total. The van der Waals surface area contributed by atoms with Gasteiger partial charge in [-0.2, -0.15) is 0 Å². The largest absolute Gasteiger partial charge is 0.392 e. The van der Waals surface area contributed by atoms with Crippen LogP contribution in [0.2, 0.25) is 0 Å². The van der Waals surface area contributed by atoms with Crippen LogP contribution in [0.1, 0.15) is 25.3 Å². The van der Waals surface area contributed by atoms with Gasteiger partial charge in [0, 0.05) is 13.1 Å². The van der Waals surface area contributed by atoms with E-state index in [-0.39, 0.29) is 6.10 Å². The molecule has 92 valence electrons. The minimum absolute atomic E-state index is 0.131. The molecule has 0 spiro atoms. The van der Waals surface area contributed by atoms with Crippen molar-refractivity contribution in [3.63, 3.8) is 0 Å². The van der Waals surface area contributed by atoms with Crippen molar-refractivity contribution in [2.75, 3.05) is 19.6 Å². The van der Waals surface area contributed by atoms with E-state index in [1.54, 1.807) is 0 Å². The van der Waals surface area contributed by atoms with Crippen LogP contribution in [0.5, 0.6) is 0 Å².